The van der Waals surface area contributed by atoms with E-state index in [9.17, 15) is 0 Å². The van der Waals surface area contributed by atoms with Crippen LogP contribution in [0.2, 0.25) is 0 Å². The Kier molecular flexibility index (Phi) is 178. The van der Waals surface area contributed by atoms with E-state index in [1.54, 1.807) is 0 Å². The van der Waals surface area contributed by atoms with Crippen molar-refractivity contribution < 1.29 is 50.4 Å². The largest absolute Gasteiger partial charge is 0.412 e. The van der Waals surface area contributed by atoms with Crippen LogP contribution in [0.4, 0.5) is 0 Å². The van der Waals surface area contributed by atoms with Crippen LogP contribution >= 0.6 is 0 Å². The smallest absolute Gasteiger partial charge is 0.394 e. The standard InChI is InChI=1S/CH5N3.Al.H2O4S.6H2O.3H/c2-1(3)4;;1-5(2,3)4;;;;;;;;;/h(H5,2,3,4);;(H2,1,2,3,4);6*1H2;;;. The monoisotopic (exact) mass is 295 g/mol. The van der Waals surface area contributed by atoms with E-state index < -0.39 is 10.4 Å². The molecule has 0 saturated carbocycles. The number of rotatable bonds is 0. The number of nitrogens with one attached hydrogen (secondary N) is 1. The van der Waals surface area contributed by atoms with Gasteiger partial charge in [-0.05, 0) is 0 Å². The molecule has 0 unspecified atom stereocenters. The third-order valence-corrected chi connectivity index (χ3v) is 0. The van der Waals surface area contributed by atoms with Gasteiger partial charge in [-0.25, -0.2) is 0 Å². The van der Waals surface area contributed by atoms with Crippen LogP contribution in [0.25, 0.3) is 0 Å². The van der Waals surface area contributed by atoms with Gasteiger partial charge in [0.15, 0.2) is 23.3 Å². The van der Waals surface area contributed by atoms with Crippen LogP contribution in [0.3, 0.4) is 0 Å². The summed E-state index contributed by atoms with van der Waals surface area (Å²) in [5, 5.41) is 6.06. The fourth-order valence-corrected chi connectivity index (χ4v) is 0. The summed E-state index contributed by atoms with van der Waals surface area (Å²) in [6.07, 6.45) is 0. The van der Waals surface area contributed by atoms with Crippen molar-refractivity contribution in [3.8, 4) is 0 Å². The quantitative estimate of drug-likeness (QED) is 0.125. The normalized spacial score (nSPS) is 5.12. The van der Waals surface area contributed by atoms with Crippen LogP contribution in [-0.4, -0.2) is 73.7 Å². The summed E-state index contributed by atoms with van der Waals surface area (Å²) in [6, 6.07) is 0. The Morgan fingerprint density at radius 3 is 0.875 bits per heavy atom. The van der Waals surface area contributed by atoms with E-state index in [-0.39, 0.29) is 56.2 Å². The van der Waals surface area contributed by atoms with Crippen molar-refractivity contribution in [1.82, 2.24) is 0 Å². The maximum atomic E-state index is 8.74. The second-order valence-electron chi connectivity index (χ2n) is 0.903. The molecule has 13 nitrogen and oxygen atoms in total. The molecule has 0 rings (SSSR count). The third kappa shape index (κ3) is 6450. The molecular weight excluding hydrogens is 273 g/mol. The van der Waals surface area contributed by atoms with Crippen LogP contribution in [0.15, 0.2) is 0 Å². The Balaban J connectivity index is -0.00000000614. The van der Waals surface area contributed by atoms with Gasteiger partial charge >= 0.3 is 10.4 Å². The minimum Gasteiger partial charge on any atom is -0.412 e. The Morgan fingerprint density at radius 2 is 0.875 bits per heavy atom. The first-order valence-electron chi connectivity index (χ1n) is 1.53. The molecule has 0 heterocycles. The van der Waals surface area contributed by atoms with E-state index >= 15 is 0 Å². The highest BCUT2D eigenvalue weighted by Crippen LogP contribution is 1.59. The average Bonchev–Trinajstić information content (AvgIpc) is 1.19. The summed E-state index contributed by atoms with van der Waals surface area (Å²) in [5.74, 6) is -0.333. The summed E-state index contributed by atoms with van der Waals surface area (Å²) in [7, 11) is -4.67. The molecule has 0 aliphatic rings. The van der Waals surface area contributed by atoms with E-state index in [2.05, 4.69) is 11.5 Å². The van der Waals surface area contributed by atoms with E-state index in [0.29, 0.717) is 0 Å². The second kappa shape index (κ2) is 36.6. The van der Waals surface area contributed by atoms with Crippen molar-refractivity contribution in [1.29, 1.82) is 5.41 Å². The van der Waals surface area contributed by atoms with Crippen molar-refractivity contribution >= 4 is 33.7 Å². The minimum absolute atomic E-state index is 0. The van der Waals surface area contributed by atoms with Gasteiger partial charge in [-0.1, -0.05) is 0 Å². The summed E-state index contributed by atoms with van der Waals surface area (Å²) >= 11 is 0. The first kappa shape index (κ1) is 77.7. The molecule has 0 atom stereocenters. The highest BCUT2D eigenvalue weighted by atomic mass is 32.3. The molecule has 0 bridgehead atoms. The second-order valence-corrected chi connectivity index (χ2v) is 1.80. The SMILES string of the molecule is N=C(N)N.O.O.O.O.O.O.O=S(=O)(O)O.[AlH3]. The Morgan fingerprint density at radius 1 is 0.875 bits per heavy atom. The van der Waals surface area contributed by atoms with Crippen molar-refractivity contribution in [3.05, 3.63) is 0 Å². The molecule has 0 spiro atoms. The van der Waals surface area contributed by atoms with Crippen LogP contribution in [0.1, 0.15) is 0 Å². The number of nitrogens with two attached hydrogens (primary N) is 2. The van der Waals surface area contributed by atoms with Gasteiger partial charge in [0.2, 0.25) is 0 Å². The highest BCUT2D eigenvalue weighted by Gasteiger charge is 1.84. The third-order valence-electron chi connectivity index (χ3n) is 0. The Hall–Kier alpha value is -0.568. The van der Waals surface area contributed by atoms with E-state index in [4.69, 9.17) is 22.9 Å². The van der Waals surface area contributed by atoms with Crippen LogP contribution in [0.5, 0.6) is 0 Å². The van der Waals surface area contributed by atoms with Crippen molar-refractivity contribution in [2.75, 3.05) is 0 Å². The van der Waals surface area contributed by atoms with E-state index in [1.807, 2.05) is 0 Å². The van der Waals surface area contributed by atoms with Gasteiger partial charge in [-0.3, -0.25) is 14.5 Å². The molecule has 16 heavy (non-hydrogen) atoms. The molecule has 0 amide bonds. The van der Waals surface area contributed by atoms with Gasteiger partial charge in [0, 0.05) is 0 Å². The first-order chi connectivity index (χ1) is 3.73. The minimum atomic E-state index is -4.67. The molecule has 0 fully saturated rings. The molecule has 0 aliphatic heterocycles. The zero-order valence-corrected chi connectivity index (χ0v) is 8.09. The maximum absolute atomic E-state index is 8.74. The number of hydrogen-bond acceptors (Lipinski definition) is 3. The molecule has 0 aromatic heterocycles. The fourth-order valence-electron chi connectivity index (χ4n) is 0. The molecule has 0 radical (unpaired) electrons. The summed E-state index contributed by atoms with van der Waals surface area (Å²) in [4.78, 5) is 0. The lowest BCUT2D eigenvalue weighted by Crippen LogP contribution is -2.20. The molecule has 0 aromatic carbocycles. The predicted molar refractivity (Wildman–Crippen MR) is 61.9 cm³/mol. The number of guanidine groups is 1. The first-order valence-corrected chi connectivity index (χ1v) is 2.92. The van der Waals surface area contributed by atoms with Crippen LogP contribution in [-0.2, 0) is 10.4 Å². The lowest BCUT2D eigenvalue weighted by molar-refractivity contribution is 0.381. The van der Waals surface area contributed by atoms with E-state index in [1.165, 1.54) is 0 Å². The molecule has 19 N–H and O–H groups in total. The predicted octanol–water partition coefficient (Wildman–Crippen LogP) is -7.95. The summed E-state index contributed by atoms with van der Waals surface area (Å²) in [5.41, 5.74) is 8.94. The molecule has 0 saturated heterocycles. The topological polar surface area (TPSA) is 339 Å². The number of hydrogen-bond donors (Lipinski definition) is 5. The molecule has 0 aliphatic carbocycles. The lowest BCUT2D eigenvalue weighted by atomic mass is 11.1. The van der Waals surface area contributed by atoms with Gasteiger partial charge in [-0.15, -0.1) is 0 Å². The van der Waals surface area contributed by atoms with Gasteiger partial charge < -0.3 is 44.3 Å². The van der Waals surface area contributed by atoms with Crippen LogP contribution < -0.4 is 11.5 Å². The Bertz CT molecular complexity index is 169. The lowest BCUT2D eigenvalue weighted by Gasteiger charge is -1.69. The fraction of sp³-hybridized carbons (Fsp3) is 0. The maximum Gasteiger partial charge on any atom is 0.394 e. The highest BCUT2D eigenvalue weighted by molar-refractivity contribution is 7.79. The summed E-state index contributed by atoms with van der Waals surface area (Å²) in [6.45, 7) is 0. The van der Waals surface area contributed by atoms with Crippen molar-refractivity contribution in [2.24, 2.45) is 11.5 Å². The van der Waals surface area contributed by atoms with Gasteiger partial charge in [0.25, 0.3) is 0 Å². The van der Waals surface area contributed by atoms with Crippen LogP contribution in [0, 0.1) is 5.41 Å². The molecule has 15 heteroatoms. The molecule has 0 aromatic rings. The zero-order valence-electron chi connectivity index (χ0n) is 7.27. The van der Waals surface area contributed by atoms with Crippen molar-refractivity contribution in [2.45, 2.75) is 0 Å². The van der Waals surface area contributed by atoms with Gasteiger partial charge in [0.05, 0.1) is 0 Å². The zero-order chi connectivity index (χ0) is 8.08. The van der Waals surface area contributed by atoms with Crippen molar-refractivity contribution in [3.63, 3.8) is 0 Å². The molecular formula is CH22AlN3O10S. The van der Waals surface area contributed by atoms with E-state index in [0.717, 1.165) is 0 Å². The summed E-state index contributed by atoms with van der Waals surface area (Å²) < 4.78 is 31.6. The Labute approximate surface area is 102 Å². The average molecular weight is 295 g/mol. The van der Waals surface area contributed by atoms with Gasteiger partial charge in [0.1, 0.15) is 0 Å². The molecule has 110 valence electrons. The van der Waals surface area contributed by atoms with Gasteiger partial charge in [-0.2, -0.15) is 8.42 Å².